The summed E-state index contributed by atoms with van der Waals surface area (Å²) in [7, 11) is 0. The summed E-state index contributed by atoms with van der Waals surface area (Å²) in [6, 6.07) is 17.8. The first-order valence-electron chi connectivity index (χ1n) is 11.7. The second-order valence-corrected chi connectivity index (χ2v) is 9.50. The molecule has 2 aromatic carbocycles. The number of nitrogens with zero attached hydrogens (tertiary/aromatic N) is 4. The van der Waals surface area contributed by atoms with Gasteiger partial charge in [0.15, 0.2) is 5.82 Å². The zero-order chi connectivity index (χ0) is 22.6. The van der Waals surface area contributed by atoms with Crippen molar-refractivity contribution in [3.05, 3.63) is 60.2 Å². The Bertz CT molecular complexity index is 1080. The van der Waals surface area contributed by atoms with Crippen molar-refractivity contribution >= 4 is 17.7 Å². The number of benzene rings is 2. The van der Waals surface area contributed by atoms with Crippen LogP contribution in [0, 0.1) is 0 Å². The van der Waals surface area contributed by atoms with Crippen LogP contribution in [0.15, 0.2) is 59.8 Å². The summed E-state index contributed by atoms with van der Waals surface area (Å²) < 4.78 is 7.55. The first-order valence-corrected chi connectivity index (χ1v) is 12.6. The Morgan fingerprint density at radius 1 is 1.03 bits per heavy atom. The molecule has 172 valence electrons. The highest BCUT2D eigenvalue weighted by Crippen LogP contribution is 2.40. The van der Waals surface area contributed by atoms with Gasteiger partial charge in [-0.25, -0.2) is 4.68 Å². The number of aromatic nitrogens is 3. The summed E-state index contributed by atoms with van der Waals surface area (Å²) in [4.78, 5) is 15.8. The fourth-order valence-electron chi connectivity index (χ4n) is 4.48. The monoisotopic (exact) mass is 463 g/mol. The average Bonchev–Trinajstić information content (AvgIpc) is 3.07. The van der Waals surface area contributed by atoms with Crippen LogP contribution in [0.25, 0.3) is 11.4 Å². The lowest BCUT2D eigenvalue weighted by Gasteiger charge is -2.35. The number of likely N-dealkylation sites (tertiary alicyclic amines) is 1. The molecule has 5 rings (SSSR count). The number of carbonyl (C=O) groups is 1. The molecule has 0 bridgehead atoms. The van der Waals surface area contributed by atoms with E-state index >= 15 is 0 Å². The van der Waals surface area contributed by atoms with Crippen molar-refractivity contribution < 1.29 is 9.53 Å². The van der Waals surface area contributed by atoms with Crippen molar-refractivity contribution in [2.75, 3.05) is 25.1 Å². The van der Waals surface area contributed by atoms with E-state index in [2.05, 4.69) is 15.6 Å². The molecule has 8 heteroatoms. The number of fused-ring (bicyclic) bond motifs is 1. The highest BCUT2D eigenvalue weighted by atomic mass is 32.2. The first kappa shape index (κ1) is 21.8. The van der Waals surface area contributed by atoms with Crippen LogP contribution < -0.4 is 10.2 Å². The minimum Gasteiger partial charge on any atom is -0.494 e. The quantitative estimate of drug-likeness (QED) is 0.600. The molecule has 1 amide bonds. The highest BCUT2D eigenvalue weighted by Gasteiger charge is 2.40. The fraction of sp³-hybridized carbons (Fsp3) is 0.400. The third-order valence-electron chi connectivity index (χ3n) is 6.18. The topological polar surface area (TPSA) is 72.3 Å². The molecule has 33 heavy (non-hydrogen) atoms. The van der Waals surface area contributed by atoms with E-state index in [0.717, 1.165) is 48.6 Å². The Morgan fingerprint density at radius 2 is 1.76 bits per heavy atom. The van der Waals surface area contributed by atoms with Crippen molar-refractivity contribution in [1.29, 1.82) is 0 Å². The molecule has 2 atom stereocenters. The van der Waals surface area contributed by atoms with Crippen molar-refractivity contribution in [1.82, 2.24) is 19.8 Å². The fourth-order valence-corrected chi connectivity index (χ4v) is 5.64. The van der Waals surface area contributed by atoms with Crippen LogP contribution in [0.1, 0.15) is 44.2 Å². The van der Waals surface area contributed by atoms with Crippen LogP contribution in [-0.2, 0) is 4.79 Å². The smallest absolute Gasteiger partial charge is 0.238 e. The molecule has 1 fully saturated rings. The number of amides is 1. The zero-order valence-corrected chi connectivity index (χ0v) is 19.6. The van der Waals surface area contributed by atoms with E-state index in [9.17, 15) is 4.79 Å². The SMILES string of the molecule is CCOc1ccc(C2Nn3c(nnc3-c3ccccc3)SC2C(=O)N2CCCCCC2)cc1. The van der Waals surface area contributed by atoms with Crippen molar-refractivity contribution in [3.8, 4) is 17.1 Å². The molecule has 0 radical (unpaired) electrons. The van der Waals surface area contributed by atoms with Gasteiger partial charge in [-0.1, -0.05) is 67.1 Å². The molecule has 3 aromatic rings. The number of carbonyl (C=O) groups excluding carboxylic acids is 1. The highest BCUT2D eigenvalue weighted by molar-refractivity contribution is 8.00. The summed E-state index contributed by atoms with van der Waals surface area (Å²) >= 11 is 1.50. The van der Waals surface area contributed by atoms with Gasteiger partial charge in [0.1, 0.15) is 11.0 Å². The predicted octanol–water partition coefficient (Wildman–Crippen LogP) is 4.51. The van der Waals surface area contributed by atoms with E-state index in [1.165, 1.54) is 24.6 Å². The van der Waals surface area contributed by atoms with Crippen LogP contribution in [0.2, 0.25) is 0 Å². The Hall–Kier alpha value is -3.00. The Kier molecular flexibility index (Phi) is 6.53. The van der Waals surface area contributed by atoms with E-state index in [0.29, 0.717) is 11.8 Å². The number of thioether (sulfide) groups is 1. The van der Waals surface area contributed by atoms with Gasteiger partial charge in [-0.2, -0.15) is 0 Å². The number of ether oxygens (including phenoxy) is 1. The molecule has 1 N–H and O–H groups in total. The lowest BCUT2D eigenvalue weighted by Crippen LogP contribution is -2.46. The van der Waals surface area contributed by atoms with Gasteiger partial charge in [0, 0.05) is 18.7 Å². The van der Waals surface area contributed by atoms with Crippen LogP contribution in [-0.4, -0.2) is 50.6 Å². The van der Waals surface area contributed by atoms with Gasteiger partial charge in [-0.05, 0) is 37.5 Å². The number of nitrogens with one attached hydrogen (secondary N) is 1. The van der Waals surface area contributed by atoms with E-state index in [1.54, 1.807) is 0 Å². The van der Waals surface area contributed by atoms with E-state index in [-0.39, 0.29) is 17.2 Å². The van der Waals surface area contributed by atoms with E-state index in [1.807, 2.05) is 71.1 Å². The minimum atomic E-state index is -0.318. The van der Waals surface area contributed by atoms with Crippen LogP contribution in [0.5, 0.6) is 5.75 Å². The molecule has 0 spiro atoms. The normalized spacial score (nSPS) is 20.5. The van der Waals surface area contributed by atoms with Gasteiger partial charge in [0.2, 0.25) is 11.1 Å². The van der Waals surface area contributed by atoms with Gasteiger partial charge in [-0.3, -0.25) is 4.79 Å². The maximum Gasteiger partial charge on any atom is 0.238 e. The molecule has 0 aliphatic carbocycles. The standard InChI is InChI=1S/C25H29N5O2S/c1-2-32-20-14-12-18(13-15-20)21-22(24(31)29-16-8-3-4-9-17-29)33-25-27-26-23(30(25)28-21)19-10-6-5-7-11-19/h5-7,10-15,21-22,28H,2-4,8-9,16-17H2,1H3. The van der Waals surface area contributed by atoms with E-state index in [4.69, 9.17) is 4.74 Å². The third kappa shape index (κ3) is 4.57. The Balaban J connectivity index is 1.50. The zero-order valence-electron chi connectivity index (χ0n) is 18.8. The van der Waals surface area contributed by atoms with Gasteiger partial charge in [-0.15, -0.1) is 10.2 Å². The summed E-state index contributed by atoms with van der Waals surface area (Å²) in [5.41, 5.74) is 5.60. The molecule has 2 aliphatic rings. The third-order valence-corrected chi connectivity index (χ3v) is 7.38. The maximum absolute atomic E-state index is 13.7. The number of rotatable bonds is 5. The van der Waals surface area contributed by atoms with Crippen molar-refractivity contribution in [2.45, 2.75) is 49.1 Å². The second kappa shape index (κ2) is 9.87. The predicted molar refractivity (Wildman–Crippen MR) is 130 cm³/mol. The number of hydrogen-bond acceptors (Lipinski definition) is 6. The molecule has 0 saturated carbocycles. The molecule has 2 unspecified atom stereocenters. The molecular formula is C25H29N5O2S. The Morgan fingerprint density at radius 3 is 2.45 bits per heavy atom. The minimum absolute atomic E-state index is 0.170. The molecule has 3 heterocycles. The largest absolute Gasteiger partial charge is 0.494 e. The van der Waals surface area contributed by atoms with Gasteiger partial charge in [0.05, 0.1) is 12.6 Å². The lowest BCUT2D eigenvalue weighted by atomic mass is 10.0. The molecular weight excluding hydrogens is 434 g/mol. The summed E-state index contributed by atoms with van der Waals surface area (Å²) in [5, 5.41) is 9.25. The van der Waals surface area contributed by atoms with Crippen molar-refractivity contribution in [3.63, 3.8) is 0 Å². The summed E-state index contributed by atoms with van der Waals surface area (Å²) in [6.07, 6.45) is 4.52. The van der Waals surface area contributed by atoms with Gasteiger partial charge < -0.3 is 15.1 Å². The first-order chi connectivity index (χ1) is 16.2. The average molecular weight is 464 g/mol. The molecule has 7 nitrogen and oxygen atoms in total. The van der Waals surface area contributed by atoms with Crippen LogP contribution in [0.4, 0.5) is 0 Å². The summed E-state index contributed by atoms with van der Waals surface area (Å²) in [5.74, 6) is 1.74. The van der Waals surface area contributed by atoms with Crippen LogP contribution >= 0.6 is 11.8 Å². The van der Waals surface area contributed by atoms with E-state index < -0.39 is 0 Å². The molecule has 1 aromatic heterocycles. The number of hydrogen-bond donors (Lipinski definition) is 1. The maximum atomic E-state index is 13.7. The van der Waals surface area contributed by atoms with Gasteiger partial charge >= 0.3 is 0 Å². The lowest BCUT2D eigenvalue weighted by molar-refractivity contribution is -0.131. The van der Waals surface area contributed by atoms with Crippen LogP contribution in [0.3, 0.4) is 0 Å². The Labute approximate surface area is 198 Å². The van der Waals surface area contributed by atoms with Crippen molar-refractivity contribution in [2.24, 2.45) is 0 Å². The molecule has 2 aliphatic heterocycles. The molecule has 1 saturated heterocycles. The summed E-state index contributed by atoms with van der Waals surface area (Å²) in [6.45, 7) is 4.25. The second-order valence-electron chi connectivity index (χ2n) is 8.39. The van der Waals surface area contributed by atoms with Gasteiger partial charge in [0.25, 0.3) is 0 Å².